The van der Waals surface area contributed by atoms with E-state index < -0.39 is 0 Å². The number of aromatic nitrogens is 2. The Morgan fingerprint density at radius 1 is 1.38 bits per heavy atom. The lowest BCUT2D eigenvalue weighted by Crippen LogP contribution is -2.16. The summed E-state index contributed by atoms with van der Waals surface area (Å²) < 4.78 is 8.02. The van der Waals surface area contributed by atoms with Gasteiger partial charge >= 0.3 is 0 Å². The molecule has 1 unspecified atom stereocenters. The molecule has 4 nitrogen and oxygen atoms in total. The number of hydrogen-bond acceptors (Lipinski definition) is 4. The fourth-order valence-electron chi connectivity index (χ4n) is 2.48. The summed E-state index contributed by atoms with van der Waals surface area (Å²) in [6.07, 6.45) is 5.06. The van der Waals surface area contributed by atoms with Crippen molar-refractivity contribution >= 4 is 16.3 Å². The van der Waals surface area contributed by atoms with E-state index in [1.807, 2.05) is 41.4 Å². The molecule has 0 aliphatic rings. The molecular formula is C16H19N3OS. The number of fused-ring (bicyclic) bond motifs is 1. The summed E-state index contributed by atoms with van der Waals surface area (Å²) in [4.78, 5) is 5.55. The van der Waals surface area contributed by atoms with Gasteiger partial charge in [0.25, 0.3) is 0 Å². The zero-order valence-electron chi connectivity index (χ0n) is 12.2. The first-order chi connectivity index (χ1) is 10.3. The summed E-state index contributed by atoms with van der Waals surface area (Å²) in [6, 6.07) is 8.51. The van der Waals surface area contributed by atoms with Crippen molar-refractivity contribution in [3.05, 3.63) is 53.3 Å². The Hall–Kier alpha value is -1.85. The van der Waals surface area contributed by atoms with E-state index in [0.29, 0.717) is 12.6 Å². The maximum Gasteiger partial charge on any atom is 0.193 e. The molecule has 1 atom stereocenters. The zero-order chi connectivity index (χ0) is 14.7. The predicted octanol–water partition coefficient (Wildman–Crippen LogP) is 3.65. The first-order valence-corrected chi connectivity index (χ1v) is 8.00. The highest BCUT2D eigenvalue weighted by molar-refractivity contribution is 7.15. The van der Waals surface area contributed by atoms with Crippen molar-refractivity contribution in [1.29, 1.82) is 0 Å². The fraction of sp³-hybridized carbons (Fsp3) is 0.312. The van der Waals surface area contributed by atoms with Gasteiger partial charge in [0.1, 0.15) is 12.4 Å². The lowest BCUT2D eigenvalue weighted by atomic mass is 10.0. The van der Waals surface area contributed by atoms with Crippen molar-refractivity contribution in [2.24, 2.45) is 0 Å². The molecule has 0 amide bonds. The van der Waals surface area contributed by atoms with Gasteiger partial charge in [0.15, 0.2) is 4.96 Å². The van der Waals surface area contributed by atoms with E-state index in [1.165, 1.54) is 5.56 Å². The third kappa shape index (κ3) is 2.94. The molecule has 2 heterocycles. The second kappa shape index (κ2) is 6.28. The molecule has 0 aliphatic heterocycles. The van der Waals surface area contributed by atoms with Gasteiger partial charge in [0.2, 0.25) is 0 Å². The lowest BCUT2D eigenvalue weighted by molar-refractivity contribution is 0.295. The van der Waals surface area contributed by atoms with E-state index in [-0.39, 0.29) is 0 Å². The Balaban J connectivity index is 1.77. The molecule has 0 saturated heterocycles. The average molecular weight is 301 g/mol. The topological polar surface area (TPSA) is 38.6 Å². The smallest absolute Gasteiger partial charge is 0.193 e. The van der Waals surface area contributed by atoms with E-state index >= 15 is 0 Å². The van der Waals surface area contributed by atoms with Crippen molar-refractivity contribution in [2.75, 3.05) is 7.05 Å². The van der Waals surface area contributed by atoms with Crippen molar-refractivity contribution in [3.8, 4) is 5.75 Å². The van der Waals surface area contributed by atoms with E-state index in [4.69, 9.17) is 4.74 Å². The molecule has 110 valence electrons. The molecule has 2 aromatic heterocycles. The van der Waals surface area contributed by atoms with E-state index in [1.54, 1.807) is 11.3 Å². The van der Waals surface area contributed by atoms with Gasteiger partial charge in [-0.1, -0.05) is 25.1 Å². The van der Waals surface area contributed by atoms with Crippen molar-refractivity contribution < 1.29 is 4.74 Å². The molecule has 5 heteroatoms. The highest BCUT2D eigenvalue weighted by Gasteiger charge is 2.12. The largest absolute Gasteiger partial charge is 0.487 e. The Kier molecular flexibility index (Phi) is 4.22. The molecular weight excluding hydrogens is 282 g/mol. The van der Waals surface area contributed by atoms with Gasteiger partial charge in [-0.3, -0.25) is 4.40 Å². The maximum absolute atomic E-state index is 6.00. The quantitative estimate of drug-likeness (QED) is 0.755. The van der Waals surface area contributed by atoms with Crippen molar-refractivity contribution in [2.45, 2.75) is 26.0 Å². The monoisotopic (exact) mass is 301 g/mol. The van der Waals surface area contributed by atoms with Crippen LogP contribution in [0.3, 0.4) is 0 Å². The average Bonchev–Trinajstić information content (AvgIpc) is 3.08. The predicted molar refractivity (Wildman–Crippen MR) is 85.9 cm³/mol. The summed E-state index contributed by atoms with van der Waals surface area (Å²) in [5, 5.41) is 5.35. The van der Waals surface area contributed by atoms with Crippen LogP contribution in [0.5, 0.6) is 5.75 Å². The minimum absolute atomic E-state index is 0.312. The van der Waals surface area contributed by atoms with Gasteiger partial charge in [0.05, 0.1) is 5.69 Å². The van der Waals surface area contributed by atoms with E-state index in [9.17, 15) is 0 Å². The molecule has 0 fully saturated rings. The van der Waals surface area contributed by atoms with Crippen LogP contribution in [0.25, 0.3) is 4.96 Å². The molecule has 1 aromatic carbocycles. The number of para-hydroxylation sites is 1. The Labute approximate surface area is 128 Å². The fourth-order valence-corrected chi connectivity index (χ4v) is 3.20. The standard InChI is InChI=1S/C16H19N3OS/c1-3-14(17-2)13-6-4-5-7-15(13)20-11-12-10-19-8-9-21-16(19)18-12/h4-10,14,17H,3,11H2,1-2H3. The van der Waals surface area contributed by atoms with Gasteiger partial charge in [-0.2, -0.15) is 0 Å². The van der Waals surface area contributed by atoms with Crippen LogP contribution < -0.4 is 10.1 Å². The molecule has 0 saturated carbocycles. The first kappa shape index (κ1) is 14.1. The summed E-state index contributed by atoms with van der Waals surface area (Å²) >= 11 is 1.63. The maximum atomic E-state index is 6.00. The van der Waals surface area contributed by atoms with Crippen LogP contribution in [-0.2, 0) is 6.61 Å². The summed E-state index contributed by atoms with van der Waals surface area (Å²) in [5.41, 5.74) is 2.15. The Morgan fingerprint density at radius 2 is 2.24 bits per heavy atom. The molecule has 0 bridgehead atoms. The highest BCUT2D eigenvalue weighted by atomic mass is 32.1. The van der Waals surface area contributed by atoms with Crippen molar-refractivity contribution in [3.63, 3.8) is 0 Å². The summed E-state index contributed by atoms with van der Waals surface area (Å²) in [7, 11) is 1.98. The number of ether oxygens (including phenoxy) is 1. The third-order valence-electron chi connectivity index (χ3n) is 3.57. The molecule has 0 radical (unpaired) electrons. The lowest BCUT2D eigenvalue weighted by Gasteiger charge is -2.18. The third-order valence-corrected chi connectivity index (χ3v) is 4.34. The van der Waals surface area contributed by atoms with Crippen LogP contribution in [-0.4, -0.2) is 16.4 Å². The van der Waals surface area contributed by atoms with Gasteiger partial charge in [0, 0.05) is 29.4 Å². The summed E-state index contributed by atoms with van der Waals surface area (Å²) in [6.45, 7) is 2.66. The second-order valence-electron chi connectivity index (χ2n) is 4.90. The molecule has 0 aliphatic carbocycles. The number of rotatable bonds is 6. The molecule has 3 aromatic rings. The van der Waals surface area contributed by atoms with Crippen LogP contribution in [0.15, 0.2) is 42.0 Å². The SMILES string of the molecule is CCC(NC)c1ccccc1OCc1cn2ccsc2n1. The molecule has 21 heavy (non-hydrogen) atoms. The number of imidazole rings is 1. The second-order valence-corrected chi connectivity index (χ2v) is 5.77. The van der Waals surface area contributed by atoms with Gasteiger partial charge < -0.3 is 10.1 Å². The molecule has 1 N–H and O–H groups in total. The van der Waals surface area contributed by atoms with Gasteiger partial charge in [-0.15, -0.1) is 11.3 Å². The number of benzene rings is 1. The van der Waals surface area contributed by atoms with Crippen LogP contribution in [0.1, 0.15) is 30.6 Å². The van der Waals surface area contributed by atoms with Gasteiger partial charge in [-0.25, -0.2) is 4.98 Å². The van der Waals surface area contributed by atoms with E-state index in [0.717, 1.165) is 22.8 Å². The van der Waals surface area contributed by atoms with Crippen LogP contribution >= 0.6 is 11.3 Å². The van der Waals surface area contributed by atoms with Crippen molar-refractivity contribution in [1.82, 2.24) is 14.7 Å². The first-order valence-electron chi connectivity index (χ1n) is 7.12. The number of thiazole rings is 1. The van der Waals surface area contributed by atoms with Crippen LogP contribution in [0.2, 0.25) is 0 Å². The van der Waals surface area contributed by atoms with Gasteiger partial charge in [-0.05, 0) is 19.5 Å². The Bertz CT molecular complexity index is 686. The normalized spacial score (nSPS) is 12.7. The van der Waals surface area contributed by atoms with Crippen LogP contribution in [0, 0.1) is 0 Å². The molecule has 3 rings (SSSR count). The summed E-state index contributed by atoms with van der Waals surface area (Å²) in [5.74, 6) is 0.926. The minimum Gasteiger partial charge on any atom is -0.487 e. The van der Waals surface area contributed by atoms with Crippen LogP contribution in [0.4, 0.5) is 0 Å². The zero-order valence-corrected chi connectivity index (χ0v) is 13.1. The Morgan fingerprint density at radius 3 is 3.00 bits per heavy atom. The molecule has 0 spiro atoms. The minimum atomic E-state index is 0.312. The highest BCUT2D eigenvalue weighted by Crippen LogP contribution is 2.27. The number of nitrogens with one attached hydrogen (secondary N) is 1. The van der Waals surface area contributed by atoms with E-state index in [2.05, 4.69) is 29.4 Å². The number of hydrogen-bond donors (Lipinski definition) is 1. The number of nitrogens with zero attached hydrogens (tertiary/aromatic N) is 2.